The summed E-state index contributed by atoms with van der Waals surface area (Å²) in [6, 6.07) is 1.67. The van der Waals surface area contributed by atoms with Crippen LogP contribution in [-0.2, 0) is 33.5 Å². The number of fused-ring (bicyclic) bond motifs is 1. The lowest BCUT2D eigenvalue weighted by Crippen LogP contribution is -2.45. The molecule has 1 unspecified atom stereocenters. The fourth-order valence-corrected chi connectivity index (χ4v) is 3.34. The maximum absolute atomic E-state index is 10.8. The van der Waals surface area contributed by atoms with E-state index in [1.54, 1.807) is 24.0 Å². The third-order valence-corrected chi connectivity index (χ3v) is 4.60. The first kappa shape index (κ1) is 17.6. The van der Waals surface area contributed by atoms with E-state index in [0.717, 1.165) is 0 Å². The van der Waals surface area contributed by atoms with Gasteiger partial charge in [0.1, 0.15) is 24.5 Å². The van der Waals surface area contributed by atoms with Gasteiger partial charge in [0.05, 0.1) is 13.7 Å². The van der Waals surface area contributed by atoms with E-state index in [9.17, 15) is 14.8 Å². The number of rotatable bonds is 4. The lowest BCUT2D eigenvalue weighted by molar-refractivity contribution is -0.745. The quantitative estimate of drug-likeness (QED) is 0.285. The maximum atomic E-state index is 10.8. The first-order valence-electron chi connectivity index (χ1n) is 6.93. The Kier molecular flexibility index (Phi) is 4.62. The van der Waals surface area contributed by atoms with E-state index in [4.69, 9.17) is 27.2 Å². The molecule has 1 saturated heterocycles. The molecule has 132 valence electrons. The number of ether oxygens (including phenoxy) is 1. The van der Waals surface area contributed by atoms with Gasteiger partial charge in [0.15, 0.2) is 11.8 Å². The average Bonchev–Trinajstić information content (AvgIpc) is 2.96. The van der Waals surface area contributed by atoms with Crippen LogP contribution in [0, 0.1) is 0 Å². The van der Waals surface area contributed by atoms with Crippen molar-refractivity contribution in [1.82, 2.24) is 9.55 Å². The zero-order valence-electron chi connectivity index (χ0n) is 12.5. The van der Waals surface area contributed by atoms with Crippen molar-refractivity contribution in [2.75, 3.05) is 6.61 Å². The highest BCUT2D eigenvalue weighted by Gasteiger charge is 2.47. The van der Waals surface area contributed by atoms with Crippen LogP contribution < -0.4 is 4.57 Å². The van der Waals surface area contributed by atoms with Crippen LogP contribution in [0.3, 0.4) is 0 Å². The summed E-state index contributed by atoms with van der Waals surface area (Å²) < 4.78 is 23.9. The van der Waals surface area contributed by atoms with Crippen molar-refractivity contribution >= 4 is 31.6 Å². The molecule has 2 aromatic heterocycles. The van der Waals surface area contributed by atoms with E-state index in [2.05, 4.69) is 9.51 Å². The molecule has 3 rings (SSSR count). The van der Waals surface area contributed by atoms with Gasteiger partial charge in [-0.25, -0.2) is 9.13 Å². The van der Waals surface area contributed by atoms with Crippen LogP contribution in [0.2, 0.25) is 0 Å². The van der Waals surface area contributed by atoms with E-state index in [1.165, 1.54) is 10.8 Å². The monoisotopic (exact) mass is 377 g/mol. The van der Waals surface area contributed by atoms with Gasteiger partial charge in [0, 0.05) is 0 Å². The van der Waals surface area contributed by atoms with Crippen LogP contribution >= 0.6 is 7.82 Å². The SMILES string of the molecule is Cn1c[n+](C2O[C@H](COP(=O)(O)O)[C@@H](O)[C@H]2O)c2nccc([S-])c21. The lowest BCUT2D eigenvalue weighted by atomic mass is 10.1. The molecule has 1 fully saturated rings. The Morgan fingerprint density at radius 2 is 2.17 bits per heavy atom. The molecule has 4 atom stereocenters. The molecule has 0 saturated carbocycles. The summed E-state index contributed by atoms with van der Waals surface area (Å²) >= 11 is 5.25. The van der Waals surface area contributed by atoms with E-state index in [1.807, 2.05) is 0 Å². The summed E-state index contributed by atoms with van der Waals surface area (Å²) in [6.45, 7) is -0.565. The topological polar surface area (TPSA) is 138 Å². The first-order valence-corrected chi connectivity index (χ1v) is 8.87. The Balaban J connectivity index is 1.90. The number of aliphatic hydroxyl groups excluding tert-OH is 2. The summed E-state index contributed by atoms with van der Waals surface area (Å²) in [6.07, 6.45) is -1.68. The highest BCUT2D eigenvalue weighted by Crippen LogP contribution is 2.37. The molecule has 10 nitrogen and oxygen atoms in total. The third kappa shape index (κ3) is 3.17. The van der Waals surface area contributed by atoms with Crippen molar-refractivity contribution in [2.24, 2.45) is 7.05 Å². The molecule has 1 aliphatic heterocycles. The van der Waals surface area contributed by atoms with Crippen LogP contribution in [0.1, 0.15) is 6.23 Å². The number of phosphoric ester groups is 1. The molecule has 4 N–H and O–H groups in total. The Hall–Kier alpha value is -1.17. The van der Waals surface area contributed by atoms with Crippen LogP contribution in [0.4, 0.5) is 0 Å². The molecule has 0 radical (unpaired) electrons. The number of imidazole rings is 1. The zero-order chi connectivity index (χ0) is 17.6. The molecule has 12 heteroatoms. The van der Waals surface area contributed by atoms with Crippen molar-refractivity contribution in [3.63, 3.8) is 0 Å². The minimum Gasteiger partial charge on any atom is -0.776 e. The molecule has 0 aromatic carbocycles. The fourth-order valence-electron chi connectivity index (χ4n) is 2.70. The second-order valence-electron chi connectivity index (χ2n) is 5.45. The van der Waals surface area contributed by atoms with Crippen LogP contribution in [0.25, 0.3) is 11.2 Å². The van der Waals surface area contributed by atoms with Crippen molar-refractivity contribution in [3.8, 4) is 0 Å². The summed E-state index contributed by atoms with van der Waals surface area (Å²) in [5.74, 6) is 0. The van der Waals surface area contributed by atoms with Gasteiger partial charge in [-0.05, 0) is 6.07 Å². The number of phosphoric acid groups is 1. The highest BCUT2D eigenvalue weighted by atomic mass is 32.1. The van der Waals surface area contributed by atoms with E-state index >= 15 is 0 Å². The minimum absolute atomic E-state index is 0.456. The molecule has 0 bridgehead atoms. The number of hydrogen-bond acceptors (Lipinski definition) is 7. The van der Waals surface area contributed by atoms with E-state index in [0.29, 0.717) is 16.1 Å². The Labute approximate surface area is 141 Å². The molecule has 1 aliphatic rings. The molecule has 2 aromatic rings. The molecule has 3 heterocycles. The van der Waals surface area contributed by atoms with Crippen LogP contribution in [0.5, 0.6) is 0 Å². The molecular weight excluding hydrogens is 361 g/mol. The summed E-state index contributed by atoms with van der Waals surface area (Å²) in [5.41, 5.74) is 1.12. The molecule has 24 heavy (non-hydrogen) atoms. The van der Waals surface area contributed by atoms with Crippen molar-refractivity contribution in [3.05, 3.63) is 18.6 Å². The van der Waals surface area contributed by atoms with E-state index in [-0.39, 0.29) is 0 Å². The van der Waals surface area contributed by atoms with Gasteiger partial charge in [-0.2, -0.15) is 0 Å². The third-order valence-electron chi connectivity index (χ3n) is 3.78. The van der Waals surface area contributed by atoms with Gasteiger partial charge in [-0.1, -0.05) is 0 Å². The molecule has 0 spiro atoms. The number of aliphatic hydroxyl groups is 2. The van der Waals surface area contributed by atoms with Gasteiger partial charge >= 0.3 is 13.5 Å². The number of aromatic nitrogens is 3. The maximum Gasteiger partial charge on any atom is 0.469 e. The van der Waals surface area contributed by atoms with E-state index < -0.39 is 39.0 Å². The Morgan fingerprint density at radius 3 is 2.83 bits per heavy atom. The predicted octanol–water partition coefficient (Wildman–Crippen LogP) is -1.50. The molecule has 0 amide bonds. The smallest absolute Gasteiger partial charge is 0.469 e. The number of pyridine rings is 1. The fraction of sp³-hybridized carbons (Fsp3) is 0.500. The number of nitrogens with zero attached hydrogens (tertiary/aromatic N) is 3. The van der Waals surface area contributed by atoms with Crippen molar-refractivity contribution < 1.29 is 38.4 Å². The first-order chi connectivity index (χ1) is 11.2. The van der Waals surface area contributed by atoms with Crippen LogP contribution in [0.15, 0.2) is 23.5 Å². The van der Waals surface area contributed by atoms with Gasteiger partial charge in [-0.15, -0.1) is 9.88 Å². The average molecular weight is 377 g/mol. The second kappa shape index (κ2) is 6.28. The summed E-state index contributed by atoms with van der Waals surface area (Å²) in [5, 5.41) is 20.3. The van der Waals surface area contributed by atoms with Crippen LogP contribution in [-0.4, -0.2) is 54.5 Å². The zero-order valence-corrected chi connectivity index (χ0v) is 14.2. The molecule has 0 aliphatic carbocycles. The Bertz CT molecular complexity index is 809. The standard InChI is InChI=1S/C12H16N3O7PS/c1-14-5-15(11-8(14)7(24)2-3-13-11)12-10(17)9(16)6(22-12)4-21-23(18,19)20/h2-3,5-6,9-10,12,16-17H,4H2,1H3,(H2-,13,18,19,20,24)/t6-,9-,10-,12?/m1/s1. The van der Waals surface area contributed by atoms with Crippen molar-refractivity contribution in [1.29, 1.82) is 0 Å². The Morgan fingerprint density at radius 1 is 1.46 bits per heavy atom. The van der Waals surface area contributed by atoms with Gasteiger partial charge in [-0.3, -0.25) is 9.09 Å². The largest absolute Gasteiger partial charge is 0.776 e. The van der Waals surface area contributed by atoms with Crippen molar-refractivity contribution in [2.45, 2.75) is 29.4 Å². The summed E-state index contributed by atoms with van der Waals surface area (Å²) in [4.78, 5) is 22.3. The second-order valence-corrected chi connectivity index (χ2v) is 7.13. The normalized spacial score (nSPS) is 27.9. The summed E-state index contributed by atoms with van der Waals surface area (Å²) in [7, 11) is -2.96. The lowest BCUT2D eigenvalue weighted by Gasteiger charge is -2.14. The molecular formula is C12H16N3O7PS. The predicted molar refractivity (Wildman–Crippen MR) is 80.5 cm³/mol. The van der Waals surface area contributed by atoms with Gasteiger partial charge in [0.25, 0.3) is 0 Å². The number of hydrogen-bond donors (Lipinski definition) is 4. The number of aryl methyl sites for hydroxylation is 1. The minimum atomic E-state index is -4.71. The van der Waals surface area contributed by atoms with Gasteiger partial charge in [0.2, 0.25) is 6.23 Å². The highest BCUT2D eigenvalue weighted by molar-refractivity contribution is 7.59. The van der Waals surface area contributed by atoms with Gasteiger partial charge < -0.3 is 37.4 Å².